The first-order valence-electron chi connectivity index (χ1n) is 39.3. The van der Waals surface area contributed by atoms with Crippen molar-refractivity contribution in [3.8, 4) is 23.0 Å². The minimum atomic E-state index is -5.27. The topological polar surface area (TPSA) is 244 Å². The molecule has 1 N–H and O–H groups in total. The molecule has 4 atom stereocenters. The minimum absolute atomic E-state index is 0.00100. The van der Waals surface area contributed by atoms with Gasteiger partial charge in [-0.2, -0.15) is 13.2 Å². The summed E-state index contributed by atoms with van der Waals surface area (Å²) in [6.07, 6.45) is 10.8. The maximum Gasteiger partial charge on any atom is 0.426 e. The number of benzene rings is 5. The van der Waals surface area contributed by atoms with Gasteiger partial charge in [0.05, 0.1) is 65.9 Å². The maximum atomic E-state index is 13.3. The third kappa shape index (κ3) is 24.8. The first-order valence-corrected chi connectivity index (χ1v) is 42.1. The highest BCUT2D eigenvalue weighted by Crippen LogP contribution is 2.64. The molecule has 2 heterocycles. The number of carbonyl (C=O) groups is 6. The van der Waals surface area contributed by atoms with Crippen LogP contribution in [0.5, 0.6) is 23.0 Å². The van der Waals surface area contributed by atoms with Crippen LogP contribution in [0.1, 0.15) is 250 Å². The van der Waals surface area contributed by atoms with Crippen molar-refractivity contribution in [1.29, 1.82) is 0 Å². The lowest BCUT2D eigenvalue weighted by atomic mass is 9.48. The number of ether oxygens (including phenoxy) is 7. The zero-order valence-corrected chi connectivity index (χ0v) is 69.0. The maximum absolute atomic E-state index is 13.3. The highest BCUT2D eigenvalue weighted by Gasteiger charge is 2.64. The van der Waals surface area contributed by atoms with Crippen molar-refractivity contribution in [3.05, 3.63) is 139 Å². The average Bonchev–Trinajstić information content (AvgIpc) is 0.872. The minimum Gasteiger partial charge on any atom is -0.748 e. The Kier molecular flexibility index (Phi) is 31.0. The Bertz CT molecular complexity index is 3930. The van der Waals surface area contributed by atoms with Crippen molar-refractivity contribution in [2.45, 2.75) is 289 Å². The van der Waals surface area contributed by atoms with Crippen LogP contribution in [0.15, 0.2) is 142 Å². The van der Waals surface area contributed by atoms with Gasteiger partial charge in [0.1, 0.15) is 40.3 Å². The van der Waals surface area contributed by atoms with Crippen LogP contribution in [0.4, 0.5) is 13.2 Å². The molecule has 0 radical (unpaired) electrons. The molecule has 22 heteroatoms. The van der Waals surface area contributed by atoms with Gasteiger partial charge in [-0.1, -0.05) is 95.6 Å². The van der Waals surface area contributed by atoms with E-state index < -0.39 is 67.4 Å². The number of carbonyl (C=O) groups excluding carboxylic acids is 6. The molecule has 13 rings (SSSR count). The fourth-order valence-corrected chi connectivity index (χ4v) is 17.5. The highest BCUT2D eigenvalue weighted by molar-refractivity contribution is 7.97. The Morgan fingerprint density at radius 1 is 0.591 bits per heavy atom. The summed E-state index contributed by atoms with van der Waals surface area (Å²) in [5.41, 5.74) is -1.47. The van der Waals surface area contributed by atoms with Gasteiger partial charge in [0, 0.05) is 24.0 Å². The van der Waals surface area contributed by atoms with Crippen LogP contribution in [0.2, 0.25) is 0 Å². The van der Waals surface area contributed by atoms with E-state index >= 15 is 0 Å². The van der Waals surface area contributed by atoms with Gasteiger partial charge >= 0.3 is 42.0 Å². The van der Waals surface area contributed by atoms with Crippen molar-refractivity contribution in [2.75, 3.05) is 12.4 Å². The number of phenols is 1. The summed E-state index contributed by atoms with van der Waals surface area (Å²) in [5, 5.41) is 9.06. The Morgan fingerprint density at radius 2 is 1.05 bits per heavy atom. The molecule has 4 bridgehead atoms. The fourth-order valence-electron chi connectivity index (χ4n) is 14.5. The first kappa shape index (κ1) is 89.8. The standard InChI is InChI=1S/C20H29F3O7S.C19H28O3.C19H15S.C12H16O3.C11H20O2.C7H12O2/c1-4-17(2,3)15(24)30-19-8-12-5-13(9-19)7-18(6-12,11-19)16(25)29-14(20(21,22)23)10-31(26,27)28;1-5-18(2,3)17(20)21-15-9-11-16(12-10-15)22-19(4)13-7-6-8-14-19;1-2-10-17(11-3-1)20-18-12-6-4-8-15(18)14-16-9-5-7-13-19(16)20;1-4-12(2,3)11(14)15-10-7-5-9(13)6-8-10;1-4-11(2,3)10(12)13-9-7-5-6-8-9;1-3-7(2)4-5-9-6(7)8/h12-14H,4-11H2,1-3H3,(H,26,27,28);9-12H,5-8,13-14H2,1-4H3;1-13H,14H2;5-8,13H,4H2,1-3H3;9H,4-8H2,1-3H3;3-5H2,1-2H3/q;;+1;;;/p-1. The summed E-state index contributed by atoms with van der Waals surface area (Å²) < 4.78 is 110. The molecule has 0 spiro atoms. The van der Waals surface area contributed by atoms with E-state index in [-0.39, 0.29) is 81.3 Å². The van der Waals surface area contributed by atoms with E-state index in [2.05, 4.69) is 90.5 Å². The molecule has 1 saturated heterocycles. The Morgan fingerprint density at radius 3 is 1.49 bits per heavy atom. The van der Waals surface area contributed by atoms with Crippen LogP contribution in [0, 0.1) is 44.3 Å². The van der Waals surface area contributed by atoms with Crippen LogP contribution in [0.25, 0.3) is 0 Å². The molecule has 0 aromatic heterocycles. The van der Waals surface area contributed by atoms with E-state index in [9.17, 15) is 54.9 Å². The van der Waals surface area contributed by atoms with Crippen LogP contribution < -0.4 is 14.2 Å². The van der Waals surface area contributed by atoms with E-state index in [1.54, 1.807) is 26.0 Å². The van der Waals surface area contributed by atoms with Crippen LogP contribution in [-0.2, 0) is 75.1 Å². The molecule has 606 valence electrons. The predicted molar refractivity (Wildman–Crippen MR) is 417 cm³/mol. The van der Waals surface area contributed by atoms with Gasteiger partial charge in [-0.3, -0.25) is 28.8 Å². The molecular formula is C88H119F3O17S2. The molecular weight excluding hydrogens is 1450 g/mol. The molecule has 5 aromatic rings. The van der Waals surface area contributed by atoms with E-state index in [0.717, 1.165) is 76.4 Å². The van der Waals surface area contributed by atoms with Gasteiger partial charge in [0.15, 0.2) is 14.7 Å². The van der Waals surface area contributed by atoms with Crippen molar-refractivity contribution in [3.63, 3.8) is 0 Å². The Labute approximate surface area is 654 Å². The molecule has 2 aliphatic heterocycles. The van der Waals surface area contributed by atoms with Crippen molar-refractivity contribution >= 4 is 56.8 Å². The third-order valence-corrected chi connectivity index (χ3v) is 26.4. The lowest BCUT2D eigenvalue weighted by Gasteiger charge is -2.60. The molecule has 6 saturated carbocycles. The van der Waals surface area contributed by atoms with Gasteiger partial charge in [0.25, 0.3) is 0 Å². The summed E-state index contributed by atoms with van der Waals surface area (Å²) in [6.45, 7) is 29.5. The van der Waals surface area contributed by atoms with Crippen LogP contribution in [0.3, 0.4) is 0 Å². The number of halogens is 3. The van der Waals surface area contributed by atoms with Crippen molar-refractivity contribution < 1.29 is 93.2 Å². The summed E-state index contributed by atoms with van der Waals surface area (Å²) in [5.74, 6) is -1.90. The monoisotopic (exact) mass is 1570 g/mol. The lowest BCUT2D eigenvalue weighted by molar-refractivity contribution is -0.239. The number of hydrogen-bond donors (Lipinski definition) is 1. The number of cyclic esters (lactones) is 1. The van der Waals surface area contributed by atoms with E-state index in [0.29, 0.717) is 50.2 Å². The highest BCUT2D eigenvalue weighted by atomic mass is 32.2. The zero-order valence-electron chi connectivity index (χ0n) is 67.3. The lowest BCUT2D eigenvalue weighted by Crippen LogP contribution is -2.61. The molecule has 0 amide bonds. The smallest absolute Gasteiger partial charge is 0.426 e. The third-order valence-electron chi connectivity index (χ3n) is 23.3. The second-order valence-corrected chi connectivity index (χ2v) is 37.3. The number of rotatable bonds is 20. The summed E-state index contributed by atoms with van der Waals surface area (Å²) in [6, 6.07) is 42.2. The molecule has 5 aromatic carbocycles. The molecule has 8 aliphatic rings. The number of hydrogen-bond acceptors (Lipinski definition) is 17. The summed E-state index contributed by atoms with van der Waals surface area (Å²) >= 11 is 0. The molecule has 6 aliphatic carbocycles. The first-order chi connectivity index (χ1) is 51.5. The number of aromatic hydroxyl groups is 1. The van der Waals surface area contributed by atoms with Gasteiger partial charge < -0.3 is 42.8 Å². The number of fused-ring (bicyclic) bond motifs is 2. The average molecular weight is 1570 g/mol. The summed E-state index contributed by atoms with van der Waals surface area (Å²) in [4.78, 5) is 76.3. The predicted octanol–water partition coefficient (Wildman–Crippen LogP) is 20.1. The van der Waals surface area contributed by atoms with E-state index in [4.69, 9.17) is 33.5 Å². The SMILES string of the molecule is CCC(C)(C)C(=O)OC12CC3CC(C1)CC(C(=O)OC(CS(=O)(=O)[O-])C(F)(F)F)(C3)C2.CCC(C)(C)C(=O)OC1CCCC1.CCC(C)(C)C(=O)Oc1ccc(O)cc1.CCC(C)(C)C(=O)Oc1ccc(OC2(C)CCCCC2)cc1.CCC1(C)CCOC1=O.c1ccc([S+]2c3ccccc3Cc3ccccc32)cc1. The number of esters is 6. The second kappa shape index (κ2) is 37.9. The van der Waals surface area contributed by atoms with Crippen molar-refractivity contribution in [1.82, 2.24) is 0 Å². The molecule has 110 heavy (non-hydrogen) atoms. The number of phenolic OH excluding ortho intramolecular Hbond substituents is 1. The van der Waals surface area contributed by atoms with Gasteiger partial charge in [-0.05, 0) is 276 Å². The van der Waals surface area contributed by atoms with Gasteiger partial charge in [-0.25, -0.2) is 8.42 Å². The Hall–Kier alpha value is -7.43. The van der Waals surface area contributed by atoms with Crippen LogP contribution in [-0.4, -0.2) is 95.8 Å². The van der Waals surface area contributed by atoms with Gasteiger partial charge in [0.2, 0.25) is 6.10 Å². The molecule has 17 nitrogen and oxygen atoms in total. The summed E-state index contributed by atoms with van der Waals surface area (Å²) in [7, 11) is -5.23. The fraction of sp³-hybridized carbons (Fsp3) is 0.591. The molecule has 4 unspecified atom stereocenters. The number of alkyl halides is 3. The van der Waals surface area contributed by atoms with Gasteiger partial charge in [-0.15, -0.1) is 0 Å². The zero-order chi connectivity index (χ0) is 81.3. The Balaban J connectivity index is 0.000000191. The quantitative estimate of drug-likeness (QED) is 0.0245. The molecule has 7 fully saturated rings. The van der Waals surface area contributed by atoms with Crippen molar-refractivity contribution in [2.24, 2.45) is 44.3 Å². The second-order valence-electron chi connectivity index (χ2n) is 33.9. The largest absolute Gasteiger partial charge is 0.748 e. The van der Waals surface area contributed by atoms with Crippen LogP contribution >= 0.6 is 0 Å². The van der Waals surface area contributed by atoms with E-state index in [1.807, 2.05) is 107 Å². The normalized spacial score (nSPS) is 22.2. The van der Waals surface area contributed by atoms with E-state index in [1.165, 1.54) is 70.1 Å².